The van der Waals surface area contributed by atoms with Crippen molar-refractivity contribution in [3.63, 3.8) is 0 Å². The van der Waals surface area contributed by atoms with E-state index in [0.717, 1.165) is 11.4 Å². The molecule has 10 aromatic rings. The first-order chi connectivity index (χ1) is 25.3. The number of hydrogen-bond acceptors (Lipinski definition) is 0. The molecule has 0 atom stereocenters. The van der Waals surface area contributed by atoms with Crippen LogP contribution in [0.15, 0.2) is 200 Å². The topological polar surface area (TPSA) is 4.93 Å². The molecule has 0 saturated heterocycles. The van der Waals surface area contributed by atoms with Crippen LogP contribution in [0.3, 0.4) is 0 Å². The van der Waals surface area contributed by atoms with E-state index in [1.807, 2.05) is 0 Å². The summed E-state index contributed by atoms with van der Waals surface area (Å²) in [5, 5.41) is 9.89. The first kappa shape index (κ1) is 29.2. The van der Waals surface area contributed by atoms with Gasteiger partial charge in [0, 0.05) is 10.8 Å². The largest absolute Gasteiger partial charge is 0.308 e. The summed E-state index contributed by atoms with van der Waals surface area (Å²) in [4.78, 5) is 0. The van der Waals surface area contributed by atoms with Crippen LogP contribution >= 0.6 is 0 Å². The summed E-state index contributed by atoms with van der Waals surface area (Å²) in [6.07, 6.45) is 0. The quantitative estimate of drug-likeness (QED) is 0.164. The van der Waals surface area contributed by atoms with E-state index >= 15 is 0 Å². The molecule has 1 heterocycles. The van der Waals surface area contributed by atoms with E-state index in [9.17, 15) is 0 Å². The van der Waals surface area contributed by atoms with Crippen molar-refractivity contribution in [1.29, 1.82) is 0 Å². The lowest BCUT2D eigenvalue weighted by molar-refractivity contribution is 1.12. The van der Waals surface area contributed by atoms with Gasteiger partial charge in [-0.05, 0) is 96.0 Å². The van der Waals surface area contributed by atoms with Crippen molar-refractivity contribution in [2.24, 2.45) is 0 Å². The molecule has 1 aromatic heterocycles. The molecule has 0 spiro atoms. The lowest BCUT2D eigenvalue weighted by atomic mass is 9.92. The van der Waals surface area contributed by atoms with E-state index < -0.39 is 0 Å². The maximum absolute atomic E-state index is 2.50. The van der Waals surface area contributed by atoms with Gasteiger partial charge in [-0.25, -0.2) is 0 Å². The van der Waals surface area contributed by atoms with Crippen LogP contribution in [0, 0.1) is 0 Å². The van der Waals surface area contributed by atoms with Crippen molar-refractivity contribution < 1.29 is 0 Å². The predicted octanol–water partition coefficient (Wildman–Crippen LogP) is 13.8. The number of fused-ring (bicyclic) bond motifs is 4. The Morgan fingerprint density at radius 1 is 0.255 bits per heavy atom. The van der Waals surface area contributed by atoms with E-state index in [1.54, 1.807) is 0 Å². The Balaban J connectivity index is 1.31. The standard InChI is InChI=1S/C50H33N/c1-3-15-36(16-4-1)48-29-30-49(37-17-5-2-6-18-37)51(48)50-46-28-27-38(44-23-11-19-34-13-7-9-21-42(34)44)31-41(46)32-39-25-26-40(33-47(39)50)45-24-12-20-35-14-8-10-22-43(35)45/h1-33H. The van der Waals surface area contributed by atoms with E-state index in [-0.39, 0.29) is 0 Å². The maximum atomic E-state index is 2.50. The Morgan fingerprint density at radius 2 is 0.765 bits per heavy atom. The van der Waals surface area contributed by atoms with Gasteiger partial charge in [-0.3, -0.25) is 0 Å². The molecule has 0 bridgehead atoms. The fourth-order valence-corrected chi connectivity index (χ4v) is 7.97. The number of rotatable bonds is 5. The van der Waals surface area contributed by atoms with Crippen molar-refractivity contribution in [3.8, 4) is 50.5 Å². The third kappa shape index (κ3) is 4.94. The maximum Gasteiger partial charge on any atom is 0.0619 e. The molecule has 0 aliphatic heterocycles. The Morgan fingerprint density at radius 3 is 1.37 bits per heavy atom. The van der Waals surface area contributed by atoms with Crippen LogP contribution in [0.5, 0.6) is 0 Å². The number of hydrogen-bond donors (Lipinski definition) is 0. The van der Waals surface area contributed by atoms with Crippen LogP contribution in [0.4, 0.5) is 0 Å². The van der Waals surface area contributed by atoms with Crippen LogP contribution < -0.4 is 0 Å². The Hall–Kier alpha value is -6.70. The Bertz CT molecular complexity index is 2830. The minimum atomic E-state index is 1.16. The summed E-state index contributed by atoms with van der Waals surface area (Å²) >= 11 is 0. The molecule has 1 nitrogen and oxygen atoms in total. The third-order valence-corrected chi connectivity index (χ3v) is 10.4. The van der Waals surface area contributed by atoms with Crippen LogP contribution in [0.25, 0.3) is 93.5 Å². The molecule has 0 N–H and O–H groups in total. The zero-order valence-corrected chi connectivity index (χ0v) is 28.0. The first-order valence-electron chi connectivity index (χ1n) is 17.6. The predicted molar refractivity (Wildman–Crippen MR) is 218 cm³/mol. The second-order valence-corrected chi connectivity index (χ2v) is 13.3. The van der Waals surface area contributed by atoms with Crippen LogP contribution in [-0.4, -0.2) is 4.57 Å². The van der Waals surface area contributed by atoms with Crippen LogP contribution in [0.2, 0.25) is 0 Å². The summed E-state index contributed by atoms with van der Waals surface area (Å²) in [6.45, 7) is 0. The van der Waals surface area contributed by atoms with Crippen molar-refractivity contribution in [1.82, 2.24) is 4.57 Å². The summed E-state index contributed by atoms with van der Waals surface area (Å²) in [5.74, 6) is 0. The Kier molecular flexibility index (Phi) is 6.89. The normalized spacial score (nSPS) is 11.5. The zero-order valence-electron chi connectivity index (χ0n) is 28.0. The molecule has 1 heteroatoms. The lowest BCUT2D eigenvalue weighted by Crippen LogP contribution is -2.02. The SMILES string of the molecule is c1ccc(-c2ccc(-c3ccccc3)n2-c2c3ccc(-c4cccc5ccccc45)cc3cc3ccc(-c4cccc5ccccc45)cc23)cc1. The van der Waals surface area contributed by atoms with Gasteiger partial charge in [0.1, 0.15) is 0 Å². The smallest absolute Gasteiger partial charge is 0.0619 e. The molecule has 51 heavy (non-hydrogen) atoms. The highest BCUT2D eigenvalue weighted by Gasteiger charge is 2.20. The average Bonchev–Trinajstić information content (AvgIpc) is 3.64. The van der Waals surface area contributed by atoms with Crippen LogP contribution in [0.1, 0.15) is 0 Å². The van der Waals surface area contributed by atoms with E-state index in [0.29, 0.717) is 0 Å². The van der Waals surface area contributed by atoms with E-state index in [4.69, 9.17) is 0 Å². The zero-order chi connectivity index (χ0) is 33.7. The second kappa shape index (κ2) is 12.0. The summed E-state index contributed by atoms with van der Waals surface area (Å²) in [6, 6.07) is 73.1. The average molecular weight is 648 g/mol. The highest BCUT2D eigenvalue weighted by Crippen LogP contribution is 2.42. The molecular formula is C50H33N. The number of benzene rings is 9. The molecule has 0 radical (unpaired) electrons. The van der Waals surface area contributed by atoms with Gasteiger partial charge < -0.3 is 4.57 Å². The third-order valence-electron chi connectivity index (χ3n) is 10.4. The van der Waals surface area contributed by atoms with Crippen molar-refractivity contribution in [3.05, 3.63) is 200 Å². The summed E-state index contributed by atoms with van der Waals surface area (Å²) < 4.78 is 2.50. The minimum Gasteiger partial charge on any atom is -0.308 e. The molecular weight excluding hydrogens is 615 g/mol. The second-order valence-electron chi connectivity index (χ2n) is 13.3. The highest BCUT2D eigenvalue weighted by molar-refractivity contribution is 6.12. The number of aromatic nitrogens is 1. The van der Waals surface area contributed by atoms with E-state index in [2.05, 4.69) is 205 Å². The molecule has 10 rings (SSSR count). The van der Waals surface area contributed by atoms with Crippen molar-refractivity contribution >= 4 is 43.1 Å². The van der Waals surface area contributed by atoms with Gasteiger partial charge in [0.15, 0.2) is 0 Å². The highest BCUT2D eigenvalue weighted by atomic mass is 15.0. The van der Waals surface area contributed by atoms with Gasteiger partial charge in [0.05, 0.1) is 17.1 Å². The summed E-state index contributed by atoms with van der Waals surface area (Å²) in [7, 11) is 0. The van der Waals surface area contributed by atoms with Crippen molar-refractivity contribution in [2.75, 3.05) is 0 Å². The molecule has 0 amide bonds. The van der Waals surface area contributed by atoms with Crippen molar-refractivity contribution in [2.45, 2.75) is 0 Å². The van der Waals surface area contributed by atoms with Gasteiger partial charge in [0.25, 0.3) is 0 Å². The molecule has 0 fully saturated rings. The fraction of sp³-hybridized carbons (Fsp3) is 0. The first-order valence-corrected chi connectivity index (χ1v) is 17.6. The van der Waals surface area contributed by atoms with Gasteiger partial charge >= 0.3 is 0 Å². The summed E-state index contributed by atoms with van der Waals surface area (Å²) in [5.41, 5.74) is 10.8. The fourth-order valence-electron chi connectivity index (χ4n) is 7.97. The molecule has 0 aliphatic rings. The van der Waals surface area contributed by atoms with Gasteiger partial charge in [0.2, 0.25) is 0 Å². The Labute approximate surface area is 297 Å². The molecule has 0 unspecified atom stereocenters. The number of nitrogens with zero attached hydrogens (tertiary/aromatic N) is 1. The molecule has 9 aromatic carbocycles. The minimum absolute atomic E-state index is 1.16. The lowest BCUT2D eigenvalue weighted by Gasteiger charge is -2.21. The molecule has 0 aliphatic carbocycles. The monoisotopic (exact) mass is 647 g/mol. The van der Waals surface area contributed by atoms with Crippen LogP contribution in [-0.2, 0) is 0 Å². The van der Waals surface area contributed by atoms with Gasteiger partial charge in [-0.15, -0.1) is 0 Å². The molecule has 238 valence electrons. The van der Waals surface area contributed by atoms with Gasteiger partial charge in [-0.1, -0.05) is 170 Å². The van der Waals surface area contributed by atoms with Gasteiger partial charge in [-0.2, -0.15) is 0 Å². The molecule has 0 saturated carbocycles. The van der Waals surface area contributed by atoms with E-state index in [1.165, 1.54) is 82.2 Å².